The Morgan fingerprint density at radius 3 is 2.73 bits per heavy atom. The third kappa shape index (κ3) is 3.92. The molecule has 6 heteroatoms. The molecule has 1 aromatic heterocycles. The molecular weight excluding hydrogens is 298 g/mol. The highest BCUT2D eigenvalue weighted by Gasteiger charge is 2.45. The molecule has 0 atom stereocenters. The summed E-state index contributed by atoms with van der Waals surface area (Å²) in [6.45, 7) is 7.48. The third-order valence-electron chi connectivity index (χ3n) is 3.29. The summed E-state index contributed by atoms with van der Waals surface area (Å²) in [5, 5.41) is 12.0. The fourth-order valence-corrected chi connectivity index (χ4v) is 2.82. The molecule has 0 unspecified atom stereocenters. The number of nitrogens with zero attached hydrogens (tertiary/aromatic N) is 2. The van der Waals surface area contributed by atoms with Crippen molar-refractivity contribution in [2.24, 2.45) is 0 Å². The van der Waals surface area contributed by atoms with Crippen molar-refractivity contribution < 1.29 is 9.53 Å². The molecule has 0 bridgehead atoms. The van der Waals surface area contributed by atoms with E-state index in [1.807, 2.05) is 33.8 Å². The topological polar surface area (TPSA) is 75.0 Å². The van der Waals surface area contributed by atoms with Crippen molar-refractivity contribution in [2.75, 3.05) is 11.1 Å². The fraction of sp³-hybridized carbons (Fsp3) is 0.562. The van der Waals surface area contributed by atoms with Crippen LogP contribution in [0.15, 0.2) is 17.2 Å². The largest absolute Gasteiger partial charge is 0.444 e. The first-order valence-electron chi connectivity index (χ1n) is 7.34. The van der Waals surface area contributed by atoms with Crippen LogP contribution in [0, 0.1) is 11.3 Å². The zero-order valence-electron chi connectivity index (χ0n) is 13.4. The summed E-state index contributed by atoms with van der Waals surface area (Å²) in [4.78, 5) is 17.1. The highest BCUT2D eigenvalue weighted by atomic mass is 32.2. The molecule has 22 heavy (non-hydrogen) atoms. The molecule has 0 aromatic carbocycles. The lowest BCUT2D eigenvalue weighted by atomic mass is 10.00. The number of amides is 1. The lowest BCUT2D eigenvalue weighted by molar-refractivity contribution is 0.0635. The van der Waals surface area contributed by atoms with Crippen LogP contribution in [0.1, 0.15) is 46.1 Å². The van der Waals surface area contributed by atoms with E-state index in [1.54, 1.807) is 18.0 Å². The second-order valence-electron chi connectivity index (χ2n) is 6.32. The van der Waals surface area contributed by atoms with Gasteiger partial charge in [-0.15, -0.1) is 11.8 Å². The van der Waals surface area contributed by atoms with Gasteiger partial charge >= 0.3 is 6.09 Å². The summed E-state index contributed by atoms with van der Waals surface area (Å²) < 4.78 is 5.25. The van der Waals surface area contributed by atoms with Gasteiger partial charge in [-0.25, -0.2) is 9.78 Å². The van der Waals surface area contributed by atoms with Crippen molar-refractivity contribution in [3.8, 4) is 6.07 Å². The monoisotopic (exact) mass is 319 g/mol. The van der Waals surface area contributed by atoms with Crippen molar-refractivity contribution in [2.45, 2.75) is 56.4 Å². The quantitative estimate of drug-likeness (QED) is 0.846. The van der Waals surface area contributed by atoms with Gasteiger partial charge in [0, 0.05) is 6.20 Å². The minimum Gasteiger partial charge on any atom is -0.444 e. The van der Waals surface area contributed by atoms with Gasteiger partial charge in [0.25, 0.3) is 0 Å². The number of hydrogen-bond acceptors (Lipinski definition) is 5. The highest BCUT2D eigenvalue weighted by molar-refractivity contribution is 7.99. The fourth-order valence-electron chi connectivity index (χ4n) is 2.06. The number of thioether (sulfide) groups is 1. The van der Waals surface area contributed by atoms with E-state index in [0.29, 0.717) is 5.82 Å². The molecular formula is C16H21N3O2S. The van der Waals surface area contributed by atoms with Gasteiger partial charge in [0.05, 0.1) is 16.4 Å². The number of rotatable bonds is 4. The molecule has 1 saturated carbocycles. The van der Waals surface area contributed by atoms with Crippen LogP contribution >= 0.6 is 11.8 Å². The molecule has 1 heterocycles. The summed E-state index contributed by atoms with van der Waals surface area (Å²) in [5.74, 6) is 1.34. The summed E-state index contributed by atoms with van der Waals surface area (Å²) in [7, 11) is 0. The maximum absolute atomic E-state index is 11.9. The van der Waals surface area contributed by atoms with Crippen LogP contribution in [0.4, 0.5) is 10.6 Å². The van der Waals surface area contributed by atoms with Gasteiger partial charge < -0.3 is 4.74 Å². The van der Waals surface area contributed by atoms with Gasteiger partial charge in [0.2, 0.25) is 0 Å². The number of nitriles is 1. The van der Waals surface area contributed by atoms with E-state index >= 15 is 0 Å². The number of pyridine rings is 1. The summed E-state index contributed by atoms with van der Waals surface area (Å²) in [6.07, 6.45) is 2.91. The average Bonchev–Trinajstić information content (AvgIpc) is 3.20. The molecule has 1 aliphatic rings. The lowest BCUT2D eigenvalue weighted by Crippen LogP contribution is -2.27. The van der Waals surface area contributed by atoms with Gasteiger partial charge in [0.15, 0.2) is 0 Å². The number of nitrogens with one attached hydrogen (secondary N) is 1. The molecule has 1 fully saturated rings. The summed E-state index contributed by atoms with van der Waals surface area (Å²) in [6, 6.07) is 4.33. The van der Waals surface area contributed by atoms with Crippen LogP contribution in [-0.4, -0.2) is 22.4 Å². The van der Waals surface area contributed by atoms with Crippen molar-refractivity contribution in [1.29, 1.82) is 5.26 Å². The average molecular weight is 319 g/mol. The second-order valence-corrected chi connectivity index (χ2v) is 7.63. The van der Waals surface area contributed by atoms with Crippen LogP contribution in [0.25, 0.3) is 0 Å². The molecule has 2 rings (SSSR count). The van der Waals surface area contributed by atoms with E-state index in [9.17, 15) is 10.1 Å². The minimum atomic E-state index is -0.555. The first-order chi connectivity index (χ1) is 10.3. The van der Waals surface area contributed by atoms with Crippen LogP contribution < -0.4 is 5.32 Å². The lowest BCUT2D eigenvalue weighted by Gasteiger charge is -2.20. The van der Waals surface area contributed by atoms with Gasteiger partial charge in [-0.05, 0) is 51.0 Å². The van der Waals surface area contributed by atoms with Crippen LogP contribution in [-0.2, 0) is 10.2 Å². The third-order valence-corrected chi connectivity index (χ3v) is 4.20. The Morgan fingerprint density at radius 2 is 2.23 bits per heavy atom. The Bertz CT molecular complexity index is 613. The molecule has 0 radical (unpaired) electrons. The summed E-state index contributed by atoms with van der Waals surface area (Å²) >= 11 is 1.59. The van der Waals surface area contributed by atoms with Crippen LogP contribution in [0.2, 0.25) is 0 Å². The molecule has 1 aromatic rings. The van der Waals surface area contributed by atoms with Crippen LogP contribution in [0.5, 0.6) is 0 Å². The number of carbonyl (C=O) groups excluding carboxylic acids is 1. The highest BCUT2D eigenvalue weighted by Crippen LogP contribution is 2.48. The Balaban J connectivity index is 2.21. The molecule has 0 aliphatic heterocycles. The van der Waals surface area contributed by atoms with E-state index < -0.39 is 11.7 Å². The van der Waals surface area contributed by atoms with E-state index in [1.165, 1.54) is 0 Å². The number of hydrogen-bond donors (Lipinski definition) is 1. The Kier molecular flexibility index (Phi) is 4.66. The van der Waals surface area contributed by atoms with Crippen molar-refractivity contribution in [3.05, 3.63) is 17.8 Å². The maximum atomic E-state index is 11.9. The maximum Gasteiger partial charge on any atom is 0.413 e. The van der Waals surface area contributed by atoms with Gasteiger partial charge in [-0.1, -0.05) is 6.92 Å². The zero-order valence-corrected chi connectivity index (χ0v) is 14.2. The first kappa shape index (κ1) is 16.6. The molecule has 1 N–H and O–H groups in total. The number of anilines is 1. The van der Waals surface area contributed by atoms with Crippen molar-refractivity contribution in [3.63, 3.8) is 0 Å². The molecule has 1 amide bonds. The Morgan fingerprint density at radius 1 is 1.55 bits per heavy atom. The molecule has 118 valence electrons. The zero-order chi connectivity index (χ0) is 16.4. The predicted octanol–water partition coefficient (Wildman–Crippen LogP) is 4.10. The summed E-state index contributed by atoms with van der Waals surface area (Å²) in [5.41, 5.74) is 0.00209. The van der Waals surface area contributed by atoms with E-state index in [2.05, 4.69) is 16.4 Å². The van der Waals surface area contributed by atoms with Gasteiger partial charge in [-0.3, -0.25) is 5.32 Å². The standard InChI is InChI=1S/C16H21N3O2S/c1-5-22-12-8-11(16(10-17)6-7-16)9-18-13(12)19-14(20)21-15(2,3)4/h8-9H,5-7H2,1-4H3,(H,18,19,20). The number of carbonyl (C=O) groups is 1. The molecule has 0 saturated heterocycles. The van der Waals surface area contributed by atoms with Crippen LogP contribution in [0.3, 0.4) is 0 Å². The molecule has 0 spiro atoms. The van der Waals surface area contributed by atoms with E-state index in [4.69, 9.17) is 4.74 Å². The van der Waals surface area contributed by atoms with Gasteiger partial charge in [-0.2, -0.15) is 5.26 Å². The second kappa shape index (κ2) is 6.17. The molecule has 5 nitrogen and oxygen atoms in total. The Hall–Kier alpha value is -1.74. The minimum absolute atomic E-state index is 0.375. The van der Waals surface area contributed by atoms with Crippen molar-refractivity contribution in [1.82, 2.24) is 4.98 Å². The number of ether oxygens (including phenoxy) is 1. The first-order valence-corrected chi connectivity index (χ1v) is 8.33. The van der Waals surface area contributed by atoms with Gasteiger partial charge in [0.1, 0.15) is 11.4 Å². The smallest absolute Gasteiger partial charge is 0.413 e. The molecule has 1 aliphatic carbocycles. The van der Waals surface area contributed by atoms with E-state index in [0.717, 1.165) is 29.1 Å². The SMILES string of the molecule is CCSc1cc(C2(C#N)CC2)cnc1NC(=O)OC(C)(C)C. The normalized spacial score (nSPS) is 15.8. The van der Waals surface area contributed by atoms with Crippen molar-refractivity contribution >= 4 is 23.7 Å². The number of aromatic nitrogens is 1. The van der Waals surface area contributed by atoms with E-state index in [-0.39, 0.29) is 5.41 Å². The Labute approximate surface area is 135 Å². The predicted molar refractivity (Wildman–Crippen MR) is 87.0 cm³/mol.